The number of halogens is 2. The smallest absolute Gasteiger partial charge is 0.123 e. The van der Waals surface area contributed by atoms with E-state index in [9.17, 15) is 0 Å². The van der Waals surface area contributed by atoms with Crippen LogP contribution in [-0.4, -0.2) is 6.10 Å². The molecule has 1 heterocycles. The Morgan fingerprint density at radius 3 is 2.85 bits per heavy atom. The molecule has 0 fully saturated rings. The number of hydrogen-bond donors (Lipinski definition) is 0. The van der Waals surface area contributed by atoms with Crippen LogP contribution in [0.2, 0.25) is 0 Å². The average Bonchev–Trinajstić information content (AvgIpc) is 2.80. The number of hydrogen-bond acceptors (Lipinski definition) is 1. The maximum absolute atomic E-state index is 5.77. The Labute approximate surface area is 136 Å². The highest BCUT2D eigenvalue weighted by molar-refractivity contribution is 9.11. The summed E-state index contributed by atoms with van der Waals surface area (Å²) in [6.45, 7) is 4.23. The summed E-state index contributed by atoms with van der Waals surface area (Å²) < 4.78 is 6.94. The van der Waals surface area contributed by atoms with E-state index in [1.54, 1.807) is 0 Å². The second kappa shape index (κ2) is 5.53. The molecule has 3 rings (SSSR count). The first-order valence-electron chi connectivity index (χ1n) is 6.75. The van der Waals surface area contributed by atoms with Crippen LogP contribution < -0.4 is 4.74 Å². The van der Waals surface area contributed by atoms with Crippen molar-refractivity contribution in [2.24, 2.45) is 0 Å². The Bertz CT molecular complexity index is 651. The molecule has 0 saturated carbocycles. The van der Waals surface area contributed by atoms with Gasteiger partial charge in [-0.25, -0.2) is 0 Å². The van der Waals surface area contributed by atoms with Gasteiger partial charge in [0.1, 0.15) is 11.9 Å². The highest BCUT2D eigenvalue weighted by atomic mass is 79.9. The fourth-order valence-electron chi connectivity index (χ4n) is 2.65. The molecule has 0 radical (unpaired) electrons. The van der Waals surface area contributed by atoms with Crippen molar-refractivity contribution in [3.8, 4) is 5.75 Å². The number of fused-ring (bicyclic) bond motifs is 1. The minimum Gasteiger partial charge on any atom is -0.490 e. The first-order valence-corrected chi connectivity index (χ1v) is 8.45. The lowest BCUT2D eigenvalue weighted by molar-refractivity contribution is 0.254. The van der Waals surface area contributed by atoms with Gasteiger partial charge < -0.3 is 4.74 Å². The number of alkyl halides is 1. The summed E-state index contributed by atoms with van der Waals surface area (Å²) in [6, 6.07) is 12.9. The van der Waals surface area contributed by atoms with Gasteiger partial charge in [-0.15, -0.1) is 0 Å². The van der Waals surface area contributed by atoms with Gasteiger partial charge in [0, 0.05) is 10.9 Å². The molecule has 2 aromatic carbocycles. The van der Waals surface area contributed by atoms with Crippen molar-refractivity contribution in [2.75, 3.05) is 0 Å². The molecule has 104 valence electrons. The van der Waals surface area contributed by atoms with Crippen molar-refractivity contribution in [2.45, 2.75) is 31.2 Å². The Morgan fingerprint density at radius 2 is 2.05 bits per heavy atom. The van der Waals surface area contributed by atoms with E-state index in [0.717, 1.165) is 12.2 Å². The largest absolute Gasteiger partial charge is 0.490 e. The van der Waals surface area contributed by atoms with Crippen molar-refractivity contribution in [3.05, 3.63) is 63.1 Å². The lowest BCUT2D eigenvalue weighted by Crippen LogP contribution is -2.05. The predicted molar refractivity (Wildman–Crippen MR) is 89.9 cm³/mol. The topological polar surface area (TPSA) is 9.23 Å². The second-order valence-electron chi connectivity index (χ2n) is 5.34. The third-order valence-corrected chi connectivity index (χ3v) is 5.81. The molecule has 1 nitrogen and oxygen atoms in total. The second-order valence-corrected chi connectivity index (χ2v) is 7.05. The molecule has 0 amide bonds. The van der Waals surface area contributed by atoms with Gasteiger partial charge >= 0.3 is 0 Å². The Kier molecular flexibility index (Phi) is 3.91. The summed E-state index contributed by atoms with van der Waals surface area (Å²) in [5.74, 6) is 1.03. The van der Waals surface area contributed by atoms with E-state index in [1.165, 1.54) is 26.7 Å². The summed E-state index contributed by atoms with van der Waals surface area (Å²) in [7, 11) is 0. The Balaban J connectivity index is 1.97. The van der Waals surface area contributed by atoms with Crippen LogP contribution in [0.1, 0.15) is 34.0 Å². The fraction of sp³-hybridized carbons (Fsp3) is 0.294. The van der Waals surface area contributed by atoms with E-state index in [-0.39, 0.29) is 4.83 Å². The van der Waals surface area contributed by atoms with E-state index >= 15 is 0 Å². The van der Waals surface area contributed by atoms with Crippen LogP contribution in [0.5, 0.6) is 5.75 Å². The Morgan fingerprint density at radius 1 is 1.25 bits per heavy atom. The lowest BCUT2D eigenvalue weighted by atomic mass is 10.00. The van der Waals surface area contributed by atoms with Crippen molar-refractivity contribution in [3.63, 3.8) is 0 Å². The minimum absolute atomic E-state index is 0.193. The molecule has 0 aromatic heterocycles. The van der Waals surface area contributed by atoms with Crippen LogP contribution >= 0.6 is 31.9 Å². The number of benzene rings is 2. The van der Waals surface area contributed by atoms with Gasteiger partial charge in [-0.1, -0.05) is 62.2 Å². The molecule has 0 spiro atoms. The van der Waals surface area contributed by atoms with Crippen LogP contribution in [0, 0.1) is 6.92 Å². The average molecular weight is 396 g/mol. The van der Waals surface area contributed by atoms with Gasteiger partial charge in [0.25, 0.3) is 0 Å². The van der Waals surface area contributed by atoms with E-state index in [2.05, 4.69) is 82.1 Å². The standard InChI is InChI=1S/C17H16Br2O/c1-10-4-3-5-14(16(10)18)17(19)12-6-7-15-13(9-12)8-11(2)20-15/h3-7,9,11,17H,8H2,1-2H3. The molecule has 0 saturated heterocycles. The zero-order valence-electron chi connectivity index (χ0n) is 11.5. The molecular formula is C17H16Br2O. The molecule has 2 atom stereocenters. The van der Waals surface area contributed by atoms with Crippen LogP contribution in [0.15, 0.2) is 40.9 Å². The van der Waals surface area contributed by atoms with Crippen LogP contribution in [0.4, 0.5) is 0 Å². The summed E-state index contributed by atoms with van der Waals surface area (Å²) in [4.78, 5) is 0.193. The van der Waals surface area contributed by atoms with Crippen LogP contribution in [-0.2, 0) is 6.42 Å². The number of rotatable bonds is 2. The molecule has 3 heteroatoms. The van der Waals surface area contributed by atoms with Crippen molar-refractivity contribution < 1.29 is 4.74 Å². The zero-order valence-corrected chi connectivity index (χ0v) is 14.7. The quantitative estimate of drug-likeness (QED) is 0.604. The summed E-state index contributed by atoms with van der Waals surface area (Å²) in [6.07, 6.45) is 1.29. The van der Waals surface area contributed by atoms with Crippen molar-refractivity contribution in [1.82, 2.24) is 0 Å². The van der Waals surface area contributed by atoms with Gasteiger partial charge in [-0.05, 0) is 42.2 Å². The lowest BCUT2D eigenvalue weighted by Gasteiger charge is -2.15. The normalized spacial score (nSPS) is 18.5. The SMILES string of the molecule is Cc1cccc(C(Br)c2ccc3c(c2)CC(C)O3)c1Br. The summed E-state index contributed by atoms with van der Waals surface area (Å²) in [5.41, 5.74) is 5.10. The molecule has 0 N–H and O–H groups in total. The molecule has 2 aromatic rings. The third-order valence-electron chi connectivity index (χ3n) is 3.71. The maximum Gasteiger partial charge on any atom is 0.123 e. The van der Waals surface area contributed by atoms with Crippen LogP contribution in [0.25, 0.3) is 0 Å². The molecule has 20 heavy (non-hydrogen) atoms. The zero-order chi connectivity index (χ0) is 14.3. The van der Waals surface area contributed by atoms with Crippen molar-refractivity contribution in [1.29, 1.82) is 0 Å². The number of aryl methyl sites for hydroxylation is 1. The molecular weight excluding hydrogens is 380 g/mol. The van der Waals surface area contributed by atoms with Gasteiger partial charge in [0.15, 0.2) is 0 Å². The highest BCUT2D eigenvalue weighted by Crippen LogP contribution is 2.39. The molecule has 1 aliphatic heterocycles. The molecule has 0 aliphatic carbocycles. The Hall–Kier alpha value is -0.800. The van der Waals surface area contributed by atoms with Crippen LogP contribution in [0.3, 0.4) is 0 Å². The summed E-state index contributed by atoms with van der Waals surface area (Å²) >= 11 is 7.53. The third kappa shape index (κ3) is 2.53. The van der Waals surface area contributed by atoms with E-state index < -0.39 is 0 Å². The first kappa shape index (κ1) is 14.2. The molecule has 2 unspecified atom stereocenters. The monoisotopic (exact) mass is 394 g/mol. The first-order chi connectivity index (χ1) is 9.56. The highest BCUT2D eigenvalue weighted by Gasteiger charge is 2.21. The van der Waals surface area contributed by atoms with Crippen molar-refractivity contribution >= 4 is 31.9 Å². The van der Waals surface area contributed by atoms with Gasteiger partial charge in [-0.3, -0.25) is 0 Å². The maximum atomic E-state index is 5.77. The van der Waals surface area contributed by atoms with Gasteiger partial charge in [0.05, 0.1) is 4.83 Å². The van der Waals surface area contributed by atoms with E-state index in [4.69, 9.17) is 4.74 Å². The van der Waals surface area contributed by atoms with Gasteiger partial charge in [0.2, 0.25) is 0 Å². The van der Waals surface area contributed by atoms with Gasteiger partial charge in [-0.2, -0.15) is 0 Å². The minimum atomic E-state index is 0.193. The van der Waals surface area contributed by atoms with E-state index in [1.807, 2.05) is 0 Å². The number of ether oxygens (including phenoxy) is 1. The predicted octanol–water partition coefficient (Wildman–Crippen LogP) is 5.57. The molecule has 0 bridgehead atoms. The van der Waals surface area contributed by atoms with E-state index in [0.29, 0.717) is 6.10 Å². The molecule has 1 aliphatic rings. The summed E-state index contributed by atoms with van der Waals surface area (Å²) in [5, 5.41) is 0. The fourth-order valence-corrected chi connectivity index (χ4v) is 4.11.